The minimum absolute atomic E-state index is 0.0252. The van der Waals surface area contributed by atoms with Gasteiger partial charge in [0.2, 0.25) is 5.95 Å². The highest BCUT2D eigenvalue weighted by molar-refractivity contribution is 5.96. The Balaban J connectivity index is 2.29. The standard InChI is InChI=1S/C13H11N5O2/c14-9-3-1-2-7(4-9)8-5-10(12(19)20)11-16-13(15)17-18(11)6-8/h1-6H,14H2,(H2,15,17)(H,19,20). The topological polar surface area (TPSA) is 120 Å². The molecule has 0 atom stereocenters. The van der Waals surface area contributed by atoms with E-state index in [-0.39, 0.29) is 17.2 Å². The number of nitrogens with two attached hydrogens (primary N) is 2. The zero-order valence-corrected chi connectivity index (χ0v) is 10.3. The van der Waals surface area contributed by atoms with Gasteiger partial charge in [0.1, 0.15) is 5.56 Å². The highest BCUT2D eigenvalue weighted by Gasteiger charge is 2.15. The molecule has 3 rings (SSSR count). The van der Waals surface area contributed by atoms with Crippen LogP contribution < -0.4 is 11.5 Å². The van der Waals surface area contributed by atoms with Crippen molar-refractivity contribution in [3.05, 3.63) is 42.1 Å². The first kappa shape index (κ1) is 12.0. The largest absolute Gasteiger partial charge is 0.478 e. The molecule has 0 aliphatic heterocycles. The van der Waals surface area contributed by atoms with E-state index < -0.39 is 5.97 Å². The van der Waals surface area contributed by atoms with E-state index in [1.165, 1.54) is 10.6 Å². The van der Waals surface area contributed by atoms with E-state index in [9.17, 15) is 9.90 Å². The molecule has 0 amide bonds. The van der Waals surface area contributed by atoms with Crippen LogP contribution in [0.5, 0.6) is 0 Å². The third-order valence-corrected chi connectivity index (χ3v) is 2.90. The molecule has 0 fully saturated rings. The van der Waals surface area contributed by atoms with E-state index in [0.717, 1.165) is 5.56 Å². The number of nitrogen functional groups attached to an aromatic ring is 2. The molecule has 3 aromatic rings. The van der Waals surface area contributed by atoms with Crippen LogP contribution >= 0.6 is 0 Å². The van der Waals surface area contributed by atoms with Crippen LogP contribution in [0.3, 0.4) is 0 Å². The van der Waals surface area contributed by atoms with E-state index in [4.69, 9.17) is 11.5 Å². The Morgan fingerprint density at radius 3 is 2.70 bits per heavy atom. The smallest absolute Gasteiger partial charge is 0.339 e. The molecule has 0 aliphatic carbocycles. The number of aromatic carboxylic acids is 1. The number of carboxylic acid groups (broad SMARTS) is 1. The molecule has 2 aromatic heterocycles. The summed E-state index contributed by atoms with van der Waals surface area (Å²) in [5.41, 5.74) is 13.6. The fourth-order valence-electron chi connectivity index (χ4n) is 2.04. The van der Waals surface area contributed by atoms with Gasteiger partial charge in [0.25, 0.3) is 0 Å². The average Bonchev–Trinajstić information content (AvgIpc) is 2.77. The summed E-state index contributed by atoms with van der Waals surface area (Å²) in [7, 11) is 0. The van der Waals surface area contributed by atoms with E-state index in [1.54, 1.807) is 24.4 Å². The van der Waals surface area contributed by atoms with Gasteiger partial charge in [0, 0.05) is 17.4 Å². The lowest BCUT2D eigenvalue weighted by molar-refractivity contribution is 0.0698. The number of hydrogen-bond donors (Lipinski definition) is 3. The highest BCUT2D eigenvalue weighted by atomic mass is 16.4. The van der Waals surface area contributed by atoms with Gasteiger partial charge in [-0.25, -0.2) is 9.31 Å². The summed E-state index contributed by atoms with van der Waals surface area (Å²) in [6, 6.07) is 8.68. The van der Waals surface area contributed by atoms with Crippen LogP contribution in [-0.2, 0) is 0 Å². The van der Waals surface area contributed by atoms with Gasteiger partial charge < -0.3 is 16.6 Å². The van der Waals surface area contributed by atoms with Gasteiger partial charge in [-0.2, -0.15) is 4.98 Å². The highest BCUT2D eigenvalue weighted by Crippen LogP contribution is 2.24. The minimum atomic E-state index is -1.09. The van der Waals surface area contributed by atoms with Crippen molar-refractivity contribution in [3.63, 3.8) is 0 Å². The van der Waals surface area contributed by atoms with Gasteiger partial charge >= 0.3 is 5.97 Å². The Bertz CT molecular complexity index is 825. The van der Waals surface area contributed by atoms with E-state index in [0.29, 0.717) is 11.3 Å². The molecule has 2 heterocycles. The first-order chi connectivity index (χ1) is 9.54. The molecule has 0 aliphatic rings. The molecule has 0 saturated carbocycles. The number of fused-ring (bicyclic) bond motifs is 1. The number of aromatic nitrogens is 3. The van der Waals surface area contributed by atoms with Gasteiger partial charge in [-0.15, -0.1) is 5.10 Å². The van der Waals surface area contributed by atoms with Crippen molar-refractivity contribution in [3.8, 4) is 11.1 Å². The maximum absolute atomic E-state index is 11.3. The second kappa shape index (κ2) is 4.23. The lowest BCUT2D eigenvalue weighted by Crippen LogP contribution is -2.02. The van der Waals surface area contributed by atoms with Gasteiger partial charge in [-0.1, -0.05) is 12.1 Å². The maximum Gasteiger partial charge on any atom is 0.339 e. The van der Waals surface area contributed by atoms with Crippen molar-refractivity contribution in [2.24, 2.45) is 0 Å². The maximum atomic E-state index is 11.3. The van der Waals surface area contributed by atoms with Gasteiger partial charge in [-0.05, 0) is 23.8 Å². The molecule has 7 nitrogen and oxygen atoms in total. The molecule has 0 radical (unpaired) electrons. The lowest BCUT2D eigenvalue weighted by Gasteiger charge is -2.05. The van der Waals surface area contributed by atoms with E-state index in [1.807, 2.05) is 6.07 Å². The zero-order valence-electron chi connectivity index (χ0n) is 10.3. The van der Waals surface area contributed by atoms with Gasteiger partial charge in [-0.3, -0.25) is 0 Å². The normalized spacial score (nSPS) is 10.8. The summed E-state index contributed by atoms with van der Waals surface area (Å²) in [5, 5.41) is 13.2. The molecule has 100 valence electrons. The van der Waals surface area contributed by atoms with Crippen LogP contribution in [0.2, 0.25) is 0 Å². The molecule has 0 bridgehead atoms. The summed E-state index contributed by atoms with van der Waals surface area (Å²) in [4.78, 5) is 15.2. The number of rotatable bonds is 2. The van der Waals surface area contributed by atoms with Gasteiger partial charge in [0.05, 0.1) is 0 Å². The first-order valence-electron chi connectivity index (χ1n) is 5.80. The summed E-state index contributed by atoms with van der Waals surface area (Å²) in [5.74, 6) is -1.06. The Labute approximate surface area is 113 Å². The van der Waals surface area contributed by atoms with Crippen LogP contribution in [0, 0.1) is 0 Å². The zero-order chi connectivity index (χ0) is 14.3. The van der Waals surface area contributed by atoms with Crippen LogP contribution in [0.1, 0.15) is 10.4 Å². The Morgan fingerprint density at radius 1 is 1.20 bits per heavy atom. The predicted molar refractivity (Wildman–Crippen MR) is 74.2 cm³/mol. The van der Waals surface area contributed by atoms with E-state index in [2.05, 4.69) is 10.1 Å². The molecule has 20 heavy (non-hydrogen) atoms. The Hall–Kier alpha value is -3.09. The SMILES string of the molecule is Nc1cccc(-c2cc(C(=O)O)c3nc(N)nn3c2)c1. The van der Waals surface area contributed by atoms with Crippen LogP contribution in [0.4, 0.5) is 11.6 Å². The van der Waals surface area contributed by atoms with Crippen molar-refractivity contribution >= 4 is 23.3 Å². The summed E-state index contributed by atoms with van der Waals surface area (Å²) < 4.78 is 1.36. The fraction of sp³-hybridized carbons (Fsp3) is 0. The Morgan fingerprint density at radius 2 is 2.00 bits per heavy atom. The second-order valence-corrected chi connectivity index (χ2v) is 4.31. The third-order valence-electron chi connectivity index (χ3n) is 2.90. The molecule has 0 unspecified atom stereocenters. The lowest BCUT2D eigenvalue weighted by atomic mass is 10.1. The fourth-order valence-corrected chi connectivity index (χ4v) is 2.04. The Kier molecular flexibility index (Phi) is 2.53. The van der Waals surface area contributed by atoms with Gasteiger partial charge in [0.15, 0.2) is 5.65 Å². The number of carbonyl (C=O) groups is 1. The quantitative estimate of drug-likeness (QED) is 0.602. The third kappa shape index (κ3) is 1.91. The summed E-state index contributed by atoms with van der Waals surface area (Å²) >= 11 is 0. The second-order valence-electron chi connectivity index (χ2n) is 4.31. The molecule has 1 aromatic carbocycles. The first-order valence-corrected chi connectivity index (χ1v) is 5.80. The van der Waals surface area contributed by atoms with E-state index >= 15 is 0 Å². The predicted octanol–water partition coefficient (Wildman–Crippen LogP) is 1.26. The molecule has 5 N–H and O–H groups in total. The van der Waals surface area contributed by atoms with Crippen LogP contribution in [0.25, 0.3) is 16.8 Å². The number of carboxylic acids is 1. The number of pyridine rings is 1. The molecule has 0 spiro atoms. The monoisotopic (exact) mass is 269 g/mol. The summed E-state index contributed by atoms with van der Waals surface area (Å²) in [6.07, 6.45) is 1.67. The number of benzene rings is 1. The van der Waals surface area contributed by atoms with Crippen molar-refractivity contribution in [1.82, 2.24) is 14.6 Å². The molecular weight excluding hydrogens is 258 g/mol. The van der Waals surface area contributed by atoms with Crippen molar-refractivity contribution in [2.45, 2.75) is 0 Å². The molecule has 7 heteroatoms. The van der Waals surface area contributed by atoms with Crippen molar-refractivity contribution < 1.29 is 9.90 Å². The van der Waals surface area contributed by atoms with Crippen LogP contribution in [-0.4, -0.2) is 25.7 Å². The number of anilines is 2. The number of nitrogens with zero attached hydrogens (tertiary/aromatic N) is 3. The summed E-state index contributed by atoms with van der Waals surface area (Å²) in [6.45, 7) is 0. The van der Waals surface area contributed by atoms with Crippen LogP contribution in [0.15, 0.2) is 36.5 Å². The van der Waals surface area contributed by atoms with Crippen molar-refractivity contribution in [2.75, 3.05) is 11.5 Å². The van der Waals surface area contributed by atoms with Crippen molar-refractivity contribution in [1.29, 1.82) is 0 Å². The molecular formula is C13H11N5O2. The average molecular weight is 269 g/mol. The minimum Gasteiger partial charge on any atom is -0.478 e. The number of hydrogen-bond acceptors (Lipinski definition) is 5. The molecule has 0 saturated heterocycles.